The van der Waals surface area contributed by atoms with Crippen molar-refractivity contribution in [3.63, 3.8) is 0 Å². The molecule has 0 radical (unpaired) electrons. The minimum atomic E-state index is -3.72. The highest BCUT2D eigenvalue weighted by Crippen LogP contribution is 2.19. The van der Waals surface area contributed by atoms with Gasteiger partial charge in [-0.25, -0.2) is 8.42 Å². The third-order valence-corrected chi connectivity index (χ3v) is 5.82. The molecule has 0 saturated heterocycles. The molecule has 0 atom stereocenters. The molecule has 0 aliphatic rings. The molecule has 3 aromatic rings. The average molecular weight is 388 g/mol. The van der Waals surface area contributed by atoms with Gasteiger partial charge in [0.1, 0.15) is 5.01 Å². The van der Waals surface area contributed by atoms with Gasteiger partial charge in [-0.1, -0.05) is 36.5 Å². The molecule has 26 heavy (non-hydrogen) atoms. The van der Waals surface area contributed by atoms with Gasteiger partial charge < -0.3 is 0 Å². The molecule has 9 heteroatoms. The fraction of sp³-hybridized carbons (Fsp3) is 0.118. The number of anilines is 2. The molecule has 0 aliphatic carbocycles. The molecule has 134 valence electrons. The van der Waals surface area contributed by atoms with Crippen molar-refractivity contribution in [3.8, 4) is 0 Å². The Morgan fingerprint density at radius 1 is 1.04 bits per heavy atom. The standard InChI is InChI=1S/C17H16N4O3S2/c1-2-15-19-20-17(25-15)18-16(22)12-8-10-14(11-9-12)26(23,24)21-13-6-4-3-5-7-13/h3-11,21H,2H2,1H3,(H,18,20,22). The van der Waals surface area contributed by atoms with Crippen LogP contribution in [0.25, 0.3) is 0 Å². The molecule has 0 spiro atoms. The number of benzene rings is 2. The van der Waals surface area contributed by atoms with E-state index in [1.807, 2.05) is 6.92 Å². The summed E-state index contributed by atoms with van der Waals surface area (Å²) in [6, 6.07) is 14.3. The zero-order valence-corrected chi connectivity index (χ0v) is 15.5. The van der Waals surface area contributed by atoms with Crippen molar-refractivity contribution in [3.05, 3.63) is 65.2 Å². The van der Waals surface area contributed by atoms with E-state index in [4.69, 9.17) is 0 Å². The van der Waals surface area contributed by atoms with Gasteiger partial charge in [-0.2, -0.15) is 0 Å². The Morgan fingerprint density at radius 3 is 2.35 bits per heavy atom. The number of carbonyl (C=O) groups is 1. The maximum atomic E-state index is 12.4. The van der Waals surface area contributed by atoms with Gasteiger partial charge in [0.15, 0.2) is 0 Å². The Kier molecular flexibility index (Phi) is 5.29. The SMILES string of the molecule is CCc1nnc(NC(=O)c2ccc(S(=O)(=O)Nc3ccccc3)cc2)s1. The number of nitrogens with one attached hydrogen (secondary N) is 2. The van der Waals surface area contributed by atoms with Crippen LogP contribution in [0.3, 0.4) is 0 Å². The lowest BCUT2D eigenvalue weighted by atomic mass is 10.2. The van der Waals surface area contributed by atoms with Crippen LogP contribution in [0.4, 0.5) is 10.8 Å². The highest BCUT2D eigenvalue weighted by atomic mass is 32.2. The van der Waals surface area contributed by atoms with Gasteiger partial charge in [-0.15, -0.1) is 10.2 Å². The minimum absolute atomic E-state index is 0.0714. The summed E-state index contributed by atoms with van der Waals surface area (Å²) in [6.07, 6.45) is 0.745. The second-order valence-electron chi connectivity index (χ2n) is 5.30. The van der Waals surface area contributed by atoms with Crippen LogP contribution in [0.15, 0.2) is 59.5 Å². The summed E-state index contributed by atoms with van der Waals surface area (Å²) in [5.41, 5.74) is 0.800. The molecule has 1 aromatic heterocycles. The van der Waals surface area contributed by atoms with Crippen molar-refractivity contribution < 1.29 is 13.2 Å². The van der Waals surface area contributed by atoms with Crippen molar-refractivity contribution in [2.45, 2.75) is 18.2 Å². The molecular weight excluding hydrogens is 372 g/mol. The summed E-state index contributed by atoms with van der Waals surface area (Å²) in [4.78, 5) is 12.3. The third kappa shape index (κ3) is 4.24. The van der Waals surface area contributed by atoms with Gasteiger partial charge in [0, 0.05) is 11.3 Å². The topological polar surface area (TPSA) is 101 Å². The van der Waals surface area contributed by atoms with Crippen molar-refractivity contribution >= 4 is 38.1 Å². The second-order valence-corrected chi connectivity index (χ2v) is 8.05. The summed E-state index contributed by atoms with van der Waals surface area (Å²) in [5, 5.41) is 11.7. The minimum Gasteiger partial charge on any atom is -0.296 e. The van der Waals surface area contributed by atoms with Gasteiger partial charge in [0.05, 0.1) is 4.90 Å². The molecule has 0 bridgehead atoms. The zero-order valence-electron chi connectivity index (χ0n) is 13.8. The summed E-state index contributed by atoms with van der Waals surface area (Å²) in [7, 11) is -3.72. The van der Waals surface area contributed by atoms with Gasteiger partial charge in [0.25, 0.3) is 15.9 Å². The lowest BCUT2D eigenvalue weighted by molar-refractivity contribution is 0.102. The molecule has 1 heterocycles. The Morgan fingerprint density at radius 2 is 1.73 bits per heavy atom. The van der Waals surface area contributed by atoms with E-state index >= 15 is 0 Å². The molecule has 2 N–H and O–H groups in total. The highest BCUT2D eigenvalue weighted by molar-refractivity contribution is 7.92. The molecular formula is C17H16N4O3S2. The molecule has 0 fully saturated rings. The number of nitrogens with zero attached hydrogens (tertiary/aromatic N) is 2. The Balaban J connectivity index is 1.72. The lowest BCUT2D eigenvalue weighted by Gasteiger charge is -2.08. The lowest BCUT2D eigenvalue weighted by Crippen LogP contribution is -2.14. The molecule has 7 nitrogen and oxygen atoms in total. The van der Waals surface area contributed by atoms with Gasteiger partial charge in [-0.3, -0.25) is 14.8 Å². The number of aromatic nitrogens is 2. The summed E-state index contributed by atoms with van der Waals surface area (Å²) < 4.78 is 27.2. The first kappa shape index (κ1) is 18.0. The number of rotatable bonds is 6. The predicted molar refractivity (Wildman–Crippen MR) is 101 cm³/mol. The molecule has 0 saturated carbocycles. The smallest absolute Gasteiger partial charge is 0.261 e. The monoisotopic (exact) mass is 388 g/mol. The van der Waals surface area contributed by atoms with Crippen LogP contribution in [0, 0.1) is 0 Å². The number of hydrogen-bond acceptors (Lipinski definition) is 6. The number of para-hydroxylation sites is 1. The number of aryl methyl sites for hydroxylation is 1. The van der Waals surface area contributed by atoms with Crippen LogP contribution in [0.5, 0.6) is 0 Å². The van der Waals surface area contributed by atoms with Gasteiger partial charge in [0.2, 0.25) is 5.13 Å². The predicted octanol–water partition coefficient (Wildman–Crippen LogP) is 3.15. The van der Waals surface area contributed by atoms with Crippen molar-refractivity contribution in [1.29, 1.82) is 0 Å². The van der Waals surface area contributed by atoms with Crippen molar-refractivity contribution in [2.75, 3.05) is 10.0 Å². The van der Waals surface area contributed by atoms with E-state index in [-0.39, 0.29) is 10.8 Å². The van der Waals surface area contributed by atoms with E-state index < -0.39 is 10.0 Å². The van der Waals surface area contributed by atoms with E-state index in [9.17, 15) is 13.2 Å². The fourth-order valence-corrected chi connectivity index (χ4v) is 3.86. The number of carbonyl (C=O) groups excluding carboxylic acids is 1. The second kappa shape index (κ2) is 7.63. The average Bonchev–Trinajstić information content (AvgIpc) is 3.10. The summed E-state index contributed by atoms with van der Waals surface area (Å²) >= 11 is 1.30. The Hall–Kier alpha value is -2.78. The van der Waals surface area contributed by atoms with E-state index in [0.717, 1.165) is 11.4 Å². The Bertz CT molecular complexity index is 1000. The third-order valence-electron chi connectivity index (χ3n) is 3.44. The largest absolute Gasteiger partial charge is 0.296 e. The normalized spacial score (nSPS) is 11.1. The first-order valence-electron chi connectivity index (χ1n) is 7.79. The maximum absolute atomic E-state index is 12.4. The number of sulfonamides is 1. The molecule has 1 amide bonds. The first-order chi connectivity index (χ1) is 12.5. The van der Waals surface area contributed by atoms with E-state index in [0.29, 0.717) is 16.4 Å². The van der Waals surface area contributed by atoms with Crippen molar-refractivity contribution in [2.24, 2.45) is 0 Å². The first-order valence-corrected chi connectivity index (χ1v) is 10.1. The van der Waals surface area contributed by atoms with E-state index in [1.54, 1.807) is 30.3 Å². The molecule has 0 unspecified atom stereocenters. The van der Waals surface area contributed by atoms with Crippen molar-refractivity contribution in [1.82, 2.24) is 10.2 Å². The van der Waals surface area contributed by atoms with Crippen LogP contribution < -0.4 is 10.0 Å². The van der Waals surface area contributed by atoms with Crippen LogP contribution in [-0.2, 0) is 16.4 Å². The summed E-state index contributed by atoms with van der Waals surface area (Å²) in [5.74, 6) is -0.372. The quantitative estimate of drug-likeness (QED) is 0.675. The van der Waals surface area contributed by atoms with Crippen LogP contribution >= 0.6 is 11.3 Å². The van der Waals surface area contributed by atoms with E-state index in [2.05, 4.69) is 20.2 Å². The van der Waals surface area contributed by atoms with Crippen LogP contribution in [-0.4, -0.2) is 24.5 Å². The molecule has 0 aliphatic heterocycles. The van der Waals surface area contributed by atoms with E-state index in [1.165, 1.54) is 35.6 Å². The van der Waals surface area contributed by atoms with Crippen LogP contribution in [0.2, 0.25) is 0 Å². The summed E-state index contributed by atoms with van der Waals surface area (Å²) in [6.45, 7) is 1.95. The zero-order chi connectivity index (χ0) is 18.6. The highest BCUT2D eigenvalue weighted by Gasteiger charge is 2.16. The fourth-order valence-electron chi connectivity index (χ4n) is 2.12. The Labute approximate surface area is 155 Å². The van der Waals surface area contributed by atoms with Gasteiger partial charge >= 0.3 is 0 Å². The number of amides is 1. The molecule has 2 aromatic carbocycles. The van der Waals surface area contributed by atoms with Crippen LogP contribution in [0.1, 0.15) is 22.3 Å². The molecule has 3 rings (SSSR count). The number of hydrogen-bond donors (Lipinski definition) is 2. The van der Waals surface area contributed by atoms with Gasteiger partial charge in [-0.05, 0) is 42.8 Å². The maximum Gasteiger partial charge on any atom is 0.261 e.